The van der Waals surface area contributed by atoms with Crippen LogP contribution in [-0.2, 0) is 28.8 Å². The summed E-state index contributed by atoms with van der Waals surface area (Å²) < 4.78 is 51.9. The highest BCUT2D eigenvalue weighted by atomic mass is 31.1. The molecule has 0 amide bonds. The van der Waals surface area contributed by atoms with Crippen LogP contribution in [0.3, 0.4) is 0 Å². The molecule has 0 fully saturated rings. The van der Waals surface area contributed by atoms with E-state index in [1.807, 2.05) is 24.3 Å². The van der Waals surface area contributed by atoms with Gasteiger partial charge in [0.05, 0.1) is 0 Å². The predicted octanol–water partition coefficient (Wildman–Crippen LogP) is 8.17. The maximum absolute atomic E-state index is 13.3. The third-order valence-corrected chi connectivity index (χ3v) is 12.9. The predicted molar refractivity (Wildman–Crippen MR) is 180 cm³/mol. The van der Waals surface area contributed by atoms with Gasteiger partial charge in [-0.15, -0.1) is 0 Å². The van der Waals surface area contributed by atoms with Crippen LogP contribution >= 0.6 is 32.1 Å². The van der Waals surface area contributed by atoms with Gasteiger partial charge in [-0.25, -0.2) is 0 Å². The van der Waals surface area contributed by atoms with Crippen LogP contribution in [0.15, 0.2) is 108 Å². The van der Waals surface area contributed by atoms with Crippen molar-refractivity contribution in [3.63, 3.8) is 0 Å². The van der Waals surface area contributed by atoms with Gasteiger partial charge in [0.1, 0.15) is 0 Å². The summed E-state index contributed by atoms with van der Waals surface area (Å²) in [4.78, 5) is 42.4. The molecule has 0 aromatic heterocycles. The van der Waals surface area contributed by atoms with Crippen molar-refractivity contribution in [1.82, 2.24) is 0 Å². The molecule has 6 unspecified atom stereocenters. The van der Waals surface area contributed by atoms with Crippen molar-refractivity contribution >= 4 is 77.2 Å². The van der Waals surface area contributed by atoms with E-state index < -0.39 is 42.7 Å². The van der Waals surface area contributed by atoms with Gasteiger partial charge < -0.3 is 10.6 Å². The van der Waals surface area contributed by atoms with Crippen LogP contribution in [0.2, 0.25) is 0 Å². The first-order valence-electron chi connectivity index (χ1n) is 13.9. The number of rotatable bonds is 8. The van der Waals surface area contributed by atoms with Crippen LogP contribution in [0.4, 0.5) is 11.4 Å². The summed E-state index contributed by atoms with van der Waals surface area (Å²) in [6.45, 7) is 0. The highest BCUT2D eigenvalue weighted by Gasteiger charge is 2.66. The molecule has 7 rings (SSSR count). The summed E-state index contributed by atoms with van der Waals surface area (Å²) >= 11 is 0. The quantitative estimate of drug-likeness (QED) is 0.0873. The minimum atomic E-state index is -3.17. The van der Waals surface area contributed by atoms with E-state index in [0.29, 0.717) is 44.4 Å². The smallest absolute Gasteiger partial charge is 0.326 e. The average Bonchev–Trinajstić information content (AvgIpc) is 3.04. The van der Waals surface area contributed by atoms with Crippen LogP contribution in [0.1, 0.15) is 22.3 Å². The molecule has 2 aliphatic carbocycles. The van der Waals surface area contributed by atoms with Gasteiger partial charge in [-0.1, -0.05) is 72.8 Å². The summed E-state index contributed by atoms with van der Waals surface area (Å²) in [6, 6.07) is 27.5. The molecule has 0 saturated carbocycles. The van der Waals surface area contributed by atoms with Crippen molar-refractivity contribution < 1.29 is 37.8 Å². The van der Waals surface area contributed by atoms with E-state index in [9.17, 15) is 37.8 Å². The van der Waals surface area contributed by atoms with Gasteiger partial charge in [0.2, 0.25) is 0 Å². The fourth-order valence-corrected chi connectivity index (χ4v) is 10.8. The Morgan fingerprint density at radius 3 is 1.15 bits per heavy atom. The van der Waals surface area contributed by atoms with Crippen molar-refractivity contribution in [2.24, 2.45) is 0 Å². The summed E-state index contributed by atoms with van der Waals surface area (Å²) in [5, 5.41) is 4.86. The Kier molecular flexibility index (Phi) is 7.53. The van der Waals surface area contributed by atoms with Gasteiger partial charge in [0, 0.05) is 34.7 Å². The third kappa shape index (κ3) is 4.51. The largest absolute Gasteiger partial charge is 0.549 e. The van der Waals surface area contributed by atoms with Crippen molar-refractivity contribution in [2.75, 3.05) is 10.6 Å². The molecule has 0 radical (unpaired) electrons. The van der Waals surface area contributed by atoms with Gasteiger partial charge in [-0.05, 0) is 75.2 Å². The fraction of sp³-hybridized carbons (Fsp3) is 0.0625. The molecule has 226 valence electrons. The molecule has 0 heterocycles. The molecule has 6 atom stereocenters. The van der Waals surface area contributed by atoms with Gasteiger partial charge >= 0.3 is 42.7 Å². The zero-order chi connectivity index (χ0) is 32.4. The van der Waals surface area contributed by atoms with Gasteiger partial charge in [-0.3, -0.25) is 0 Å². The van der Waals surface area contributed by atoms with E-state index in [0.717, 1.165) is 10.8 Å². The minimum absolute atomic E-state index is 0.161. The lowest BCUT2D eigenvalue weighted by atomic mass is 9.89. The Labute approximate surface area is 265 Å². The first-order chi connectivity index (χ1) is 22.1. The molecule has 0 saturated heterocycles. The van der Waals surface area contributed by atoms with Gasteiger partial charge in [-0.2, -0.15) is 19.6 Å². The molecule has 0 spiro atoms. The third-order valence-electron chi connectivity index (χ3n) is 8.50. The van der Waals surface area contributed by atoms with Crippen molar-refractivity contribution in [2.45, 2.75) is 10.6 Å². The van der Waals surface area contributed by atoms with Crippen LogP contribution in [-0.4, -0.2) is 19.6 Å². The summed E-state index contributed by atoms with van der Waals surface area (Å²) in [6.07, 6.45) is 2.93. The summed E-state index contributed by atoms with van der Waals surface area (Å²) in [7, 11) is -12.4. The van der Waals surface area contributed by atoms with E-state index in [1.54, 1.807) is 72.8 Å². The van der Waals surface area contributed by atoms with Crippen molar-refractivity contribution in [1.29, 1.82) is 0 Å². The summed E-state index contributed by atoms with van der Waals surface area (Å²) in [5.41, 5.74) is 2.65. The highest BCUT2D eigenvalue weighted by molar-refractivity contribution is 7.48. The van der Waals surface area contributed by atoms with Crippen LogP contribution < -0.4 is 10.6 Å². The maximum Gasteiger partial charge on any atom is 0.549 e. The topological polar surface area (TPSA) is 173 Å². The molecular weight excluding hydrogens is 664 g/mol. The standard InChI is InChI=1S/C32H20N2O8P4/c35-43(36)27-17-21-9-1-5-19-7-3-11-25(29(19)21)31(27,45(39)40)33-23-13-15-24(16-14-23)34-32(46(41)42)26-12-4-8-20-6-2-10-22(30(20)26)18-28(32)44(37)38/h1-18,33-34H/p+4. The highest BCUT2D eigenvalue weighted by Crippen LogP contribution is 2.62. The lowest BCUT2D eigenvalue weighted by Gasteiger charge is -2.27. The fourth-order valence-electron chi connectivity index (χ4n) is 6.57. The molecule has 46 heavy (non-hydrogen) atoms. The maximum atomic E-state index is 13.3. The number of hydrogen-bond donors (Lipinski definition) is 6. The second kappa shape index (κ2) is 11.3. The van der Waals surface area contributed by atoms with E-state index in [2.05, 4.69) is 10.6 Å². The zero-order valence-corrected chi connectivity index (χ0v) is 27.2. The van der Waals surface area contributed by atoms with E-state index in [-0.39, 0.29) is 10.6 Å². The lowest BCUT2D eigenvalue weighted by Crippen LogP contribution is -2.35. The van der Waals surface area contributed by atoms with E-state index >= 15 is 0 Å². The molecule has 14 heteroatoms. The van der Waals surface area contributed by atoms with Crippen LogP contribution in [0, 0.1) is 0 Å². The number of benzene rings is 5. The Bertz CT molecular complexity index is 2090. The molecular formula is C32H24N2O8P4+4. The zero-order valence-electron chi connectivity index (χ0n) is 23.6. The molecule has 0 aliphatic heterocycles. The molecule has 5 aromatic rings. The number of nitrogens with one attached hydrogen (secondary N) is 2. The first kappa shape index (κ1) is 30.6. The van der Waals surface area contributed by atoms with Gasteiger partial charge in [0.25, 0.3) is 10.6 Å². The Balaban J connectivity index is 1.33. The van der Waals surface area contributed by atoms with Crippen LogP contribution in [0.5, 0.6) is 0 Å². The molecule has 5 aromatic carbocycles. The second-order valence-corrected chi connectivity index (χ2v) is 15.4. The molecule has 0 bridgehead atoms. The number of hydrogen-bond acceptors (Lipinski definition) is 6. The second-order valence-electron chi connectivity index (χ2n) is 10.9. The molecule has 6 N–H and O–H groups in total. The average molecular weight is 688 g/mol. The Morgan fingerprint density at radius 2 is 0.826 bits per heavy atom. The Morgan fingerprint density at radius 1 is 0.478 bits per heavy atom. The summed E-state index contributed by atoms with van der Waals surface area (Å²) in [5.74, 6) is 0. The normalized spacial score (nSPS) is 21.2. The van der Waals surface area contributed by atoms with Crippen molar-refractivity contribution in [3.8, 4) is 0 Å². The van der Waals surface area contributed by atoms with Crippen molar-refractivity contribution in [3.05, 3.63) is 130 Å². The molecule has 2 aliphatic rings. The number of anilines is 2. The SMILES string of the molecule is O=[P+](O)C1=Cc2cccc3cccc(c23)C1(Nc1ccc(NC2([P+](=O)O)C([P+](=O)O)=Cc3cccc4cccc2c34)cc1)[P+](=O)O. The lowest BCUT2D eigenvalue weighted by molar-refractivity contribution is 0.472. The monoisotopic (exact) mass is 688 g/mol. The van der Waals surface area contributed by atoms with E-state index in [4.69, 9.17) is 0 Å². The minimum Gasteiger partial charge on any atom is -0.326 e. The van der Waals surface area contributed by atoms with E-state index in [1.165, 1.54) is 12.2 Å². The van der Waals surface area contributed by atoms with Crippen LogP contribution in [0.25, 0.3) is 33.7 Å². The van der Waals surface area contributed by atoms with Gasteiger partial charge in [0.15, 0.2) is 0 Å². The molecule has 10 nitrogen and oxygen atoms in total. The Hall–Kier alpha value is -4.06. The first-order valence-corrected chi connectivity index (χ1v) is 18.7.